The summed E-state index contributed by atoms with van der Waals surface area (Å²) in [5, 5.41) is 3.56. The molecule has 0 heterocycles. The van der Waals surface area contributed by atoms with Crippen LogP contribution in [0.25, 0.3) is 6.08 Å². The molecule has 1 N–H and O–H groups in total. The predicted molar refractivity (Wildman–Crippen MR) is 96.5 cm³/mol. The Labute approximate surface area is 147 Å². The van der Waals surface area contributed by atoms with Gasteiger partial charge in [0, 0.05) is 17.1 Å². The Kier molecular flexibility index (Phi) is 6.27. The molecule has 0 aliphatic heterocycles. The highest BCUT2D eigenvalue weighted by atomic mass is 35.5. The van der Waals surface area contributed by atoms with Crippen molar-refractivity contribution < 1.29 is 14.3 Å². The summed E-state index contributed by atoms with van der Waals surface area (Å²) < 4.78 is 10.5. The molecule has 0 saturated carbocycles. The van der Waals surface area contributed by atoms with E-state index in [1.54, 1.807) is 33.3 Å². The van der Waals surface area contributed by atoms with Crippen LogP contribution in [0.4, 0.5) is 0 Å². The van der Waals surface area contributed by atoms with Gasteiger partial charge in [0.05, 0.1) is 14.2 Å². The third-order valence-electron chi connectivity index (χ3n) is 3.51. The number of hydrogen-bond donors (Lipinski definition) is 1. The SMILES string of the molecule is COc1ccc(CNC(=O)/C(C)=C/c2ccc(Cl)cc2)cc1OC. The number of halogens is 1. The number of carbonyl (C=O) groups is 1. The minimum Gasteiger partial charge on any atom is -0.493 e. The number of methoxy groups -OCH3 is 2. The molecule has 2 aromatic rings. The molecule has 0 aliphatic carbocycles. The van der Waals surface area contributed by atoms with Crippen molar-refractivity contribution in [3.05, 3.63) is 64.2 Å². The topological polar surface area (TPSA) is 47.6 Å². The van der Waals surface area contributed by atoms with E-state index in [4.69, 9.17) is 21.1 Å². The number of benzene rings is 2. The maximum absolute atomic E-state index is 12.2. The highest BCUT2D eigenvalue weighted by molar-refractivity contribution is 6.30. The van der Waals surface area contributed by atoms with Gasteiger partial charge in [0.25, 0.3) is 0 Å². The predicted octanol–water partition coefficient (Wildman–Crippen LogP) is 4.08. The lowest BCUT2D eigenvalue weighted by molar-refractivity contribution is -0.117. The summed E-state index contributed by atoms with van der Waals surface area (Å²) in [4.78, 5) is 12.2. The van der Waals surface area contributed by atoms with E-state index in [9.17, 15) is 4.79 Å². The Hall–Kier alpha value is -2.46. The second-order valence-electron chi connectivity index (χ2n) is 5.25. The van der Waals surface area contributed by atoms with Crippen molar-refractivity contribution in [3.8, 4) is 11.5 Å². The van der Waals surface area contributed by atoms with Crippen LogP contribution in [0, 0.1) is 0 Å². The van der Waals surface area contributed by atoms with Gasteiger partial charge in [-0.05, 0) is 48.4 Å². The van der Waals surface area contributed by atoms with Gasteiger partial charge < -0.3 is 14.8 Å². The van der Waals surface area contributed by atoms with Gasteiger partial charge >= 0.3 is 0 Å². The number of hydrogen-bond acceptors (Lipinski definition) is 3. The van der Waals surface area contributed by atoms with Crippen LogP contribution < -0.4 is 14.8 Å². The summed E-state index contributed by atoms with van der Waals surface area (Å²) in [6, 6.07) is 12.9. The quantitative estimate of drug-likeness (QED) is 0.802. The van der Waals surface area contributed by atoms with Crippen LogP contribution in [0.5, 0.6) is 11.5 Å². The molecule has 2 aromatic carbocycles. The molecule has 0 bridgehead atoms. The van der Waals surface area contributed by atoms with Crippen molar-refractivity contribution in [2.45, 2.75) is 13.5 Å². The van der Waals surface area contributed by atoms with Crippen LogP contribution in [0.3, 0.4) is 0 Å². The van der Waals surface area contributed by atoms with E-state index in [2.05, 4.69) is 5.32 Å². The Bertz CT molecular complexity index is 739. The van der Waals surface area contributed by atoms with Gasteiger partial charge in [-0.25, -0.2) is 0 Å². The van der Waals surface area contributed by atoms with Crippen molar-refractivity contribution in [2.24, 2.45) is 0 Å². The van der Waals surface area contributed by atoms with Crippen LogP contribution in [0.15, 0.2) is 48.0 Å². The first-order valence-corrected chi connectivity index (χ1v) is 7.84. The zero-order valence-electron chi connectivity index (χ0n) is 13.9. The zero-order chi connectivity index (χ0) is 17.5. The van der Waals surface area contributed by atoms with Crippen LogP contribution in [0.2, 0.25) is 5.02 Å². The van der Waals surface area contributed by atoms with Crippen LogP contribution in [-0.4, -0.2) is 20.1 Å². The van der Waals surface area contributed by atoms with Crippen molar-refractivity contribution in [1.82, 2.24) is 5.32 Å². The van der Waals surface area contributed by atoms with Gasteiger partial charge in [-0.15, -0.1) is 0 Å². The van der Waals surface area contributed by atoms with Crippen LogP contribution >= 0.6 is 11.6 Å². The molecule has 0 atom stereocenters. The lowest BCUT2D eigenvalue weighted by Gasteiger charge is -2.10. The number of ether oxygens (including phenoxy) is 2. The van der Waals surface area contributed by atoms with E-state index < -0.39 is 0 Å². The van der Waals surface area contributed by atoms with Gasteiger partial charge in [0.2, 0.25) is 5.91 Å². The second-order valence-corrected chi connectivity index (χ2v) is 5.69. The molecule has 1 amide bonds. The van der Waals surface area contributed by atoms with Crippen molar-refractivity contribution in [2.75, 3.05) is 14.2 Å². The molecule has 2 rings (SSSR count). The Morgan fingerprint density at radius 2 is 1.75 bits per heavy atom. The van der Waals surface area contributed by atoms with Gasteiger partial charge in [-0.2, -0.15) is 0 Å². The highest BCUT2D eigenvalue weighted by Crippen LogP contribution is 2.27. The molecule has 126 valence electrons. The summed E-state index contributed by atoms with van der Waals surface area (Å²) in [6.45, 7) is 2.18. The molecule has 0 saturated heterocycles. The summed E-state index contributed by atoms with van der Waals surface area (Å²) in [7, 11) is 3.17. The molecular formula is C19H20ClNO3. The first-order valence-electron chi connectivity index (χ1n) is 7.46. The molecule has 4 nitrogen and oxygen atoms in total. The Morgan fingerprint density at radius 3 is 2.38 bits per heavy atom. The minimum atomic E-state index is -0.125. The fraction of sp³-hybridized carbons (Fsp3) is 0.211. The van der Waals surface area contributed by atoms with Crippen molar-refractivity contribution in [3.63, 3.8) is 0 Å². The van der Waals surface area contributed by atoms with Gasteiger partial charge in [-0.3, -0.25) is 4.79 Å². The maximum atomic E-state index is 12.2. The summed E-state index contributed by atoms with van der Waals surface area (Å²) in [5.74, 6) is 1.17. The number of rotatable bonds is 6. The third kappa shape index (κ3) is 4.77. The normalized spacial score (nSPS) is 11.1. The summed E-state index contributed by atoms with van der Waals surface area (Å²) >= 11 is 5.86. The zero-order valence-corrected chi connectivity index (χ0v) is 14.7. The number of amides is 1. The van der Waals surface area contributed by atoms with E-state index in [-0.39, 0.29) is 5.91 Å². The number of nitrogens with one attached hydrogen (secondary N) is 1. The van der Waals surface area contributed by atoms with E-state index in [1.165, 1.54) is 0 Å². The molecule has 24 heavy (non-hydrogen) atoms. The van der Waals surface area contributed by atoms with Crippen LogP contribution in [0.1, 0.15) is 18.1 Å². The largest absolute Gasteiger partial charge is 0.493 e. The average Bonchev–Trinajstić information content (AvgIpc) is 2.61. The van der Waals surface area contributed by atoms with E-state index in [0.29, 0.717) is 28.6 Å². The molecule has 0 fully saturated rings. The molecule has 0 aliphatic rings. The molecule has 0 radical (unpaired) electrons. The lowest BCUT2D eigenvalue weighted by Crippen LogP contribution is -2.23. The average molecular weight is 346 g/mol. The highest BCUT2D eigenvalue weighted by Gasteiger charge is 2.07. The molecular weight excluding hydrogens is 326 g/mol. The molecule has 0 aromatic heterocycles. The van der Waals surface area contributed by atoms with Gasteiger partial charge in [-0.1, -0.05) is 29.8 Å². The molecule has 5 heteroatoms. The Balaban J connectivity index is 2.00. The Morgan fingerprint density at radius 1 is 1.08 bits per heavy atom. The monoisotopic (exact) mass is 345 g/mol. The summed E-state index contributed by atoms with van der Waals surface area (Å²) in [6.07, 6.45) is 1.82. The number of carbonyl (C=O) groups excluding carboxylic acids is 1. The smallest absolute Gasteiger partial charge is 0.247 e. The van der Waals surface area contributed by atoms with Gasteiger partial charge in [0.15, 0.2) is 11.5 Å². The lowest BCUT2D eigenvalue weighted by atomic mass is 10.1. The standard InChI is InChI=1S/C19H20ClNO3/c1-13(10-14-4-7-16(20)8-5-14)19(22)21-12-15-6-9-17(23-2)18(11-15)24-3/h4-11H,12H2,1-3H3,(H,21,22)/b13-10+. The van der Waals surface area contributed by atoms with E-state index >= 15 is 0 Å². The summed E-state index contributed by atoms with van der Waals surface area (Å²) in [5.41, 5.74) is 2.48. The van der Waals surface area contributed by atoms with Gasteiger partial charge in [0.1, 0.15) is 0 Å². The molecule has 0 spiro atoms. The minimum absolute atomic E-state index is 0.125. The van der Waals surface area contributed by atoms with Crippen molar-refractivity contribution in [1.29, 1.82) is 0 Å². The van der Waals surface area contributed by atoms with Crippen LogP contribution in [-0.2, 0) is 11.3 Å². The van der Waals surface area contributed by atoms with E-state index in [1.807, 2.05) is 36.4 Å². The fourth-order valence-corrected chi connectivity index (χ4v) is 2.31. The first-order chi connectivity index (χ1) is 11.5. The second kappa shape index (κ2) is 8.41. The van der Waals surface area contributed by atoms with E-state index in [0.717, 1.165) is 11.1 Å². The fourth-order valence-electron chi connectivity index (χ4n) is 2.19. The first kappa shape index (κ1) is 17.9. The maximum Gasteiger partial charge on any atom is 0.247 e. The van der Waals surface area contributed by atoms with Crippen molar-refractivity contribution >= 4 is 23.6 Å². The molecule has 0 unspecified atom stereocenters. The third-order valence-corrected chi connectivity index (χ3v) is 3.76.